The predicted octanol–water partition coefficient (Wildman–Crippen LogP) is 3.15. The van der Waals surface area contributed by atoms with Crippen LogP contribution in [0.3, 0.4) is 0 Å². The second-order valence-corrected chi connectivity index (χ2v) is 3.98. The molecule has 0 aliphatic carbocycles. The maximum Gasteiger partial charge on any atom is 0.169 e. The van der Waals surface area contributed by atoms with Crippen molar-refractivity contribution in [3.05, 3.63) is 60.4 Å². The van der Waals surface area contributed by atoms with Crippen molar-refractivity contribution in [3.8, 4) is 0 Å². The molecule has 1 unspecified atom stereocenters. The van der Waals surface area contributed by atoms with E-state index < -0.39 is 0 Å². The molecule has 71 valence electrons. The summed E-state index contributed by atoms with van der Waals surface area (Å²) in [5.41, 5.74) is 1.36. The second kappa shape index (κ2) is 4.91. The van der Waals surface area contributed by atoms with Gasteiger partial charge in [0.1, 0.15) is 0 Å². The molecule has 1 radical (unpaired) electrons. The minimum atomic E-state index is 0.0419. The van der Waals surface area contributed by atoms with E-state index in [9.17, 15) is 0 Å². The highest BCUT2D eigenvalue weighted by molar-refractivity contribution is 7.99. The number of benzene rings is 1. The summed E-state index contributed by atoms with van der Waals surface area (Å²) in [4.78, 5) is 0. The van der Waals surface area contributed by atoms with E-state index in [-0.39, 0.29) is 5.44 Å². The van der Waals surface area contributed by atoms with Gasteiger partial charge in [0.2, 0.25) is 0 Å². The van der Waals surface area contributed by atoms with Gasteiger partial charge in [-0.25, -0.2) is 0 Å². The first-order valence-electron chi connectivity index (χ1n) is 4.50. The number of rotatable bonds is 3. The van der Waals surface area contributed by atoms with Crippen molar-refractivity contribution in [3.63, 3.8) is 0 Å². The highest BCUT2D eigenvalue weighted by atomic mass is 32.2. The summed E-state index contributed by atoms with van der Waals surface area (Å²) in [6, 6.07) is 10.4. The van der Waals surface area contributed by atoms with Crippen LogP contribution >= 0.6 is 11.8 Å². The molecule has 14 heavy (non-hydrogen) atoms. The molecule has 2 rings (SSSR count). The zero-order valence-corrected chi connectivity index (χ0v) is 8.54. The third-order valence-corrected chi connectivity index (χ3v) is 2.90. The number of hydrogen-bond donors (Lipinski definition) is 0. The smallest absolute Gasteiger partial charge is 0.169 e. The van der Waals surface area contributed by atoms with E-state index in [0.717, 1.165) is 5.75 Å². The summed E-state index contributed by atoms with van der Waals surface area (Å²) in [6.45, 7) is 0. The Morgan fingerprint density at radius 3 is 2.86 bits per heavy atom. The number of thioether (sulfide) groups is 1. The van der Waals surface area contributed by atoms with Gasteiger partial charge in [-0.05, 0) is 11.6 Å². The Hall–Kier alpha value is -1.15. The molecule has 0 aromatic heterocycles. The zero-order valence-electron chi connectivity index (χ0n) is 7.72. The van der Waals surface area contributed by atoms with Gasteiger partial charge in [-0.3, -0.25) is 0 Å². The Morgan fingerprint density at radius 1 is 1.29 bits per heavy atom. The topological polar surface area (TPSA) is 9.23 Å². The SMILES string of the molecule is [C]1=CC=COC1SCc1ccccc1. The molecule has 1 atom stereocenters. The lowest BCUT2D eigenvalue weighted by atomic mass is 10.2. The summed E-state index contributed by atoms with van der Waals surface area (Å²) in [5.74, 6) is 0.959. The van der Waals surface area contributed by atoms with Gasteiger partial charge in [0, 0.05) is 11.8 Å². The van der Waals surface area contributed by atoms with Gasteiger partial charge < -0.3 is 4.74 Å². The summed E-state index contributed by atoms with van der Waals surface area (Å²) in [7, 11) is 0. The lowest BCUT2D eigenvalue weighted by Gasteiger charge is -2.13. The summed E-state index contributed by atoms with van der Waals surface area (Å²) in [5, 5.41) is 0. The molecule has 0 bridgehead atoms. The summed E-state index contributed by atoms with van der Waals surface area (Å²) < 4.78 is 5.34. The van der Waals surface area contributed by atoms with E-state index in [1.165, 1.54) is 5.56 Å². The van der Waals surface area contributed by atoms with E-state index >= 15 is 0 Å². The van der Waals surface area contributed by atoms with Crippen molar-refractivity contribution in [2.24, 2.45) is 0 Å². The lowest BCUT2D eigenvalue weighted by molar-refractivity contribution is 0.251. The average molecular weight is 203 g/mol. The van der Waals surface area contributed by atoms with E-state index in [1.807, 2.05) is 18.2 Å². The van der Waals surface area contributed by atoms with Crippen LogP contribution in [0.15, 0.2) is 48.7 Å². The Bertz CT molecular complexity index is 329. The van der Waals surface area contributed by atoms with E-state index in [2.05, 4.69) is 30.3 Å². The molecule has 0 N–H and O–H groups in total. The maximum absolute atomic E-state index is 5.34. The van der Waals surface area contributed by atoms with Crippen LogP contribution in [0.4, 0.5) is 0 Å². The normalized spacial score (nSPS) is 19.3. The minimum absolute atomic E-state index is 0.0419. The molecule has 0 saturated heterocycles. The van der Waals surface area contributed by atoms with Crippen molar-refractivity contribution in [2.75, 3.05) is 0 Å². The third kappa shape index (κ3) is 2.67. The first-order chi connectivity index (χ1) is 6.95. The summed E-state index contributed by atoms with van der Waals surface area (Å²) in [6.07, 6.45) is 8.57. The van der Waals surface area contributed by atoms with Crippen LogP contribution in [-0.4, -0.2) is 5.44 Å². The van der Waals surface area contributed by atoms with Crippen LogP contribution in [-0.2, 0) is 10.5 Å². The fraction of sp³-hybridized carbons (Fsp3) is 0.167. The molecule has 0 saturated carbocycles. The molecule has 1 heterocycles. The fourth-order valence-electron chi connectivity index (χ4n) is 1.16. The molecule has 1 nitrogen and oxygen atoms in total. The van der Waals surface area contributed by atoms with Crippen molar-refractivity contribution in [2.45, 2.75) is 11.2 Å². The molecule has 1 aliphatic rings. The maximum atomic E-state index is 5.34. The van der Waals surface area contributed by atoms with Crippen LogP contribution < -0.4 is 0 Å². The number of ether oxygens (including phenoxy) is 1. The highest BCUT2D eigenvalue weighted by Crippen LogP contribution is 2.21. The quantitative estimate of drug-likeness (QED) is 0.746. The van der Waals surface area contributed by atoms with Gasteiger partial charge in [-0.2, -0.15) is 0 Å². The Kier molecular flexibility index (Phi) is 3.30. The van der Waals surface area contributed by atoms with Crippen molar-refractivity contribution < 1.29 is 4.74 Å². The van der Waals surface area contributed by atoms with Crippen molar-refractivity contribution in [1.29, 1.82) is 0 Å². The van der Waals surface area contributed by atoms with Gasteiger partial charge in [-0.15, -0.1) is 11.8 Å². The number of allylic oxidation sites excluding steroid dienone is 2. The summed E-state index contributed by atoms with van der Waals surface area (Å²) >= 11 is 1.73. The fourth-order valence-corrected chi connectivity index (χ4v) is 2.02. The highest BCUT2D eigenvalue weighted by Gasteiger charge is 2.06. The molecule has 0 fully saturated rings. The van der Waals surface area contributed by atoms with Crippen molar-refractivity contribution >= 4 is 11.8 Å². The Balaban J connectivity index is 1.83. The van der Waals surface area contributed by atoms with Crippen LogP contribution in [0.1, 0.15) is 5.56 Å². The van der Waals surface area contributed by atoms with E-state index in [1.54, 1.807) is 18.0 Å². The first-order valence-corrected chi connectivity index (χ1v) is 5.55. The largest absolute Gasteiger partial charge is 0.483 e. The van der Waals surface area contributed by atoms with E-state index in [0.29, 0.717) is 0 Å². The van der Waals surface area contributed by atoms with Gasteiger partial charge in [0.05, 0.1) is 6.26 Å². The van der Waals surface area contributed by atoms with Gasteiger partial charge >= 0.3 is 0 Å². The molecule has 1 aromatic rings. The van der Waals surface area contributed by atoms with Crippen LogP contribution in [0.2, 0.25) is 0 Å². The molecule has 0 spiro atoms. The van der Waals surface area contributed by atoms with Gasteiger partial charge in [-0.1, -0.05) is 36.4 Å². The molecule has 1 aliphatic heterocycles. The second-order valence-electron chi connectivity index (χ2n) is 2.93. The molecule has 0 amide bonds. The zero-order chi connectivity index (χ0) is 9.64. The molecular formula is C12H11OS. The third-order valence-electron chi connectivity index (χ3n) is 1.85. The molecular weight excluding hydrogens is 192 g/mol. The number of hydrogen-bond acceptors (Lipinski definition) is 2. The minimum Gasteiger partial charge on any atom is -0.483 e. The van der Waals surface area contributed by atoms with Crippen molar-refractivity contribution in [1.82, 2.24) is 0 Å². The Morgan fingerprint density at radius 2 is 2.14 bits per heavy atom. The molecule has 1 aromatic carbocycles. The van der Waals surface area contributed by atoms with Gasteiger partial charge in [0.25, 0.3) is 0 Å². The lowest BCUT2D eigenvalue weighted by Crippen LogP contribution is -2.03. The van der Waals surface area contributed by atoms with Gasteiger partial charge in [0.15, 0.2) is 5.44 Å². The van der Waals surface area contributed by atoms with Crippen LogP contribution in [0.25, 0.3) is 0 Å². The molecule has 2 heteroatoms. The van der Waals surface area contributed by atoms with Crippen LogP contribution in [0, 0.1) is 6.08 Å². The van der Waals surface area contributed by atoms with E-state index in [4.69, 9.17) is 4.74 Å². The Labute approximate surface area is 88.5 Å². The average Bonchev–Trinajstić information content (AvgIpc) is 2.29. The van der Waals surface area contributed by atoms with Crippen LogP contribution in [0.5, 0.6) is 0 Å². The monoisotopic (exact) mass is 203 g/mol. The standard InChI is InChI=1S/C12H11OS/c1-2-6-11(7-3-1)10-14-12-8-4-5-9-13-12/h1-7,9,12H,10H2. The predicted molar refractivity (Wildman–Crippen MR) is 59.6 cm³/mol. The first kappa shape index (κ1) is 9.41.